The molecular weight excluding hydrogens is 395 g/mol. The van der Waals surface area contributed by atoms with Crippen molar-refractivity contribution in [3.63, 3.8) is 0 Å². The number of hydrogen-bond acceptors (Lipinski definition) is 5. The fourth-order valence-corrected chi connectivity index (χ4v) is 3.49. The summed E-state index contributed by atoms with van der Waals surface area (Å²) in [4.78, 5) is 16.0. The van der Waals surface area contributed by atoms with Crippen molar-refractivity contribution in [1.29, 1.82) is 0 Å². The van der Waals surface area contributed by atoms with Crippen LogP contribution in [0.1, 0.15) is 6.42 Å². The van der Waals surface area contributed by atoms with Gasteiger partial charge in [-0.05, 0) is 48.9 Å². The van der Waals surface area contributed by atoms with Gasteiger partial charge in [0.25, 0.3) is 0 Å². The Morgan fingerprint density at radius 3 is 2.45 bits per heavy atom. The molecule has 0 N–H and O–H groups in total. The van der Waals surface area contributed by atoms with E-state index in [2.05, 4.69) is 9.80 Å². The van der Waals surface area contributed by atoms with E-state index in [1.807, 2.05) is 24.3 Å². The normalized spacial score (nSPS) is 14.6. The molecule has 0 aliphatic carbocycles. The Morgan fingerprint density at radius 1 is 0.966 bits per heavy atom. The Kier molecular flexibility index (Phi) is 7.12. The van der Waals surface area contributed by atoms with Gasteiger partial charge in [0.1, 0.15) is 17.1 Å². The number of nitrogens with zero attached hydrogens (tertiary/aromatic N) is 2. The summed E-state index contributed by atoms with van der Waals surface area (Å²) in [7, 11) is 0. The second kappa shape index (κ2) is 9.76. The summed E-state index contributed by atoms with van der Waals surface area (Å²) in [6, 6.07) is 15.4. The van der Waals surface area contributed by atoms with E-state index in [1.165, 1.54) is 18.2 Å². The van der Waals surface area contributed by atoms with Crippen LogP contribution in [0.5, 0.6) is 5.75 Å². The number of anilines is 1. The third kappa shape index (κ3) is 5.49. The second-order valence-corrected chi connectivity index (χ2v) is 6.96. The molecule has 29 heavy (non-hydrogen) atoms. The molecule has 5 nitrogen and oxygen atoms in total. The summed E-state index contributed by atoms with van der Waals surface area (Å²) < 4.78 is 24.0. The highest BCUT2D eigenvalue weighted by Crippen LogP contribution is 2.20. The van der Waals surface area contributed by atoms with Crippen molar-refractivity contribution >= 4 is 29.1 Å². The molecule has 4 rings (SSSR count). The molecule has 1 aromatic heterocycles. The fourth-order valence-electron chi connectivity index (χ4n) is 3.49. The second-order valence-electron chi connectivity index (χ2n) is 6.96. The number of hydrogen-bond donors (Lipinski definition) is 0. The topological polar surface area (TPSA) is 45.9 Å². The van der Waals surface area contributed by atoms with Crippen molar-refractivity contribution in [2.75, 3.05) is 44.2 Å². The number of rotatable bonds is 6. The van der Waals surface area contributed by atoms with Crippen molar-refractivity contribution < 1.29 is 13.5 Å². The Bertz CT molecular complexity index is 985. The molecule has 1 fully saturated rings. The Hall–Kier alpha value is -2.57. The molecule has 0 atom stereocenters. The van der Waals surface area contributed by atoms with Crippen LogP contribution in [0, 0.1) is 5.82 Å². The molecule has 1 saturated heterocycles. The number of ether oxygens (including phenoxy) is 1. The zero-order chi connectivity index (χ0) is 19.3. The van der Waals surface area contributed by atoms with Gasteiger partial charge in [0, 0.05) is 55.9 Å². The number of benzene rings is 2. The van der Waals surface area contributed by atoms with Crippen LogP contribution in [0.4, 0.5) is 10.1 Å². The number of fused-ring (bicyclic) bond motifs is 1. The SMILES string of the molecule is Cl.O=c1ccc2ccc(OCCCN3CCN(c4ccc(F)cc4)CC3)cc2o1. The van der Waals surface area contributed by atoms with Crippen molar-refractivity contribution in [2.45, 2.75) is 6.42 Å². The predicted octanol–water partition coefficient (Wildman–Crippen LogP) is 3.95. The Balaban J connectivity index is 0.00000240. The van der Waals surface area contributed by atoms with Crippen molar-refractivity contribution in [3.05, 3.63) is 70.8 Å². The third-order valence-corrected chi connectivity index (χ3v) is 5.05. The summed E-state index contributed by atoms with van der Waals surface area (Å²) >= 11 is 0. The first kappa shape index (κ1) is 21.1. The highest BCUT2D eigenvalue weighted by molar-refractivity contribution is 5.85. The molecule has 0 spiro atoms. The number of halogens is 2. The van der Waals surface area contributed by atoms with Crippen LogP contribution in [0.25, 0.3) is 11.0 Å². The molecule has 0 radical (unpaired) electrons. The standard InChI is InChI=1S/C22H23FN2O3.ClH/c23-18-4-6-19(7-5-18)25-13-11-24(12-14-25)10-1-15-27-20-8-2-17-3-9-22(26)28-21(17)16-20;/h2-9,16H,1,10-15H2;1H. The molecular formula is C22H24ClFN2O3. The van der Waals surface area contributed by atoms with Gasteiger partial charge < -0.3 is 14.1 Å². The van der Waals surface area contributed by atoms with E-state index in [-0.39, 0.29) is 23.8 Å². The van der Waals surface area contributed by atoms with Gasteiger partial charge in [-0.25, -0.2) is 9.18 Å². The van der Waals surface area contributed by atoms with Crippen LogP contribution < -0.4 is 15.3 Å². The summed E-state index contributed by atoms with van der Waals surface area (Å²) in [5.74, 6) is 0.513. The molecule has 0 bridgehead atoms. The lowest BCUT2D eigenvalue weighted by Crippen LogP contribution is -2.46. The van der Waals surface area contributed by atoms with E-state index >= 15 is 0 Å². The first-order chi connectivity index (χ1) is 13.7. The molecule has 0 saturated carbocycles. The predicted molar refractivity (Wildman–Crippen MR) is 115 cm³/mol. The van der Waals surface area contributed by atoms with Crippen molar-refractivity contribution in [2.24, 2.45) is 0 Å². The number of piperazine rings is 1. The molecule has 154 valence electrons. The maximum atomic E-state index is 13.0. The van der Waals surface area contributed by atoms with Gasteiger partial charge in [-0.3, -0.25) is 4.90 Å². The van der Waals surface area contributed by atoms with E-state index < -0.39 is 0 Å². The van der Waals surface area contributed by atoms with Crippen molar-refractivity contribution in [3.8, 4) is 5.75 Å². The molecule has 2 heterocycles. The Labute approximate surface area is 175 Å². The largest absolute Gasteiger partial charge is 0.493 e. The van der Waals surface area contributed by atoms with Gasteiger partial charge in [0.2, 0.25) is 0 Å². The van der Waals surface area contributed by atoms with Gasteiger partial charge in [-0.2, -0.15) is 0 Å². The van der Waals surface area contributed by atoms with Gasteiger partial charge in [-0.1, -0.05) is 0 Å². The minimum atomic E-state index is -0.357. The highest BCUT2D eigenvalue weighted by atomic mass is 35.5. The first-order valence-corrected chi connectivity index (χ1v) is 9.57. The zero-order valence-electron chi connectivity index (χ0n) is 16.1. The molecule has 7 heteroatoms. The quantitative estimate of drug-likeness (QED) is 0.448. The summed E-state index contributed by atoms with van der Waals surface area (Å²) in [5, 5.41) is 0.881. The van der Waals surface area contributed by atoms with Crippen LogP contribution in [-0.2, 0) is 0 Å². The fraction of sp³-hybridized carbons (Fsp3) is 0.318. The van der Waals surface area contributed by atoms with Crippen LogP contribution in [0.15, 0.2) is 63.8 Å². The van der Waals surface area contributed by atoms with E-state index in [9.17, 15) is 9.18 Å². The highest BCUT2D eigenvalue weighted by Gasteiger charge is 2.16. The van der Waals surface area contributed by atoms with E-state index in [0.717, 1.165) is 50.2 Å². The third-order valence-electron chi connectivity index (χ3n) is 5.05. The zero-order valence-corrected chi connectivity index (χ0v) is 16.9. The summed E-state index contributed by atoms with van der Waals surface area (Å²) in [6.45, 7) is 5.43. The van der Waals surface area contributed by atoms with E-state index in [0.29, 0.717) is 17.9 Å². The lowest BCUT2D eigenvalue weighted by molar-refractivity contribution is 0.225. The maximum absolute atomic E-state index is 13.0. The molecule has 3 aromatic rings. The average molecular weight is 419 g/mol. The van der Waals surface area contributed by atoms with E-state index in [1.54, 1.807) is 12.1 Å². The smallest absolute Gasteiger partial charge is 0.336 e. The summed E-state index contributed by atoms with van der Waals surface area (Å²) in [5.41, 5.74) is 1.26. The van der Waals surface area contributed by atoms with Crippen molar-refractivity contribution in [1.82, 2.24) is 4.90 Å². The van der Waals surface area contributed by atoms with Crippen LogP contribution in [0.2, 0.25) is 0 Å². The Morgan fingerprint density at radius 2 is 1.69 bits per heavy atom. The van der Waals surface area contributed by atoms with Crippen LogP contribution in [0.3, 0.4) is 0 Å². The average Bonchev–Trinajstić information content (AvgIpc) is 2.72. The van der Waals surface area contributed by atoms with Gasteiger partial charge >= 0.3 is 5.63 Å². The minimum absolute atomic E-state index is 0. The lowest BCUT2D eigenvalue weighted by Gasteiger charge is -2.36. The summed E-state index contributed by atoms with van der Waals surface area (Å²) in [6.07, 6.45) is 0.924. The van der Waals surface area contributed by atoms with Gasteiger partial charge in [0.05, 0.1) is 6.61 Å². The first-order valence-electron chi connectivity index (χ1n) is 9.57. The van der Waals surface area contributed by atoms with Crippen LogP contribution >= 0.6 is 12.4 Å². The maximum Gasteiger partial charge on any atom is 0.336 e. The molecule has 1 aliphatic heterocycles. The lowest BCUT2D eigenvalue weighted by atomic mass is 10.2. The molecule has 0 amide bonds. The molecule has 0 unspecified atom stereocenters. The van der Waals surface area contributed by atoms with Gasteiger partial charge in [-0.15, -0.1) is 12.4 Å². The molecule has 2 aromatic carbocycles. The van der Waals surface area contributed by atoms with Gasteiger partial charge in [0.15, 0.2) is 0 Å². The molecule has 1 aliphatic rings. The minimum Gasteiger partial charge on any atom is -0.493 e. The van der Waals surface area contributed by atoms with E-state index in [4.69, 9.17) is 9.15 Å². The van der Waals surface area contributed by atoms with Crippen LogP contribution in [-0.4, -0.2) is 44.2 Å². The monoisotopic (exact) mass is 418 g/mol.